The fourth-order valence-electron chi connectivity index (χ4n) is 3.19. The molecule has 0 amide bonds. The molecule has 0 aromatic heterocycles. The van der Waals surface area contributed by atoms with Crippen LogP contribution in [0.2, 0.25) is 0 Å². The Bertz CT molecular complexity index is 764. The summed E-state index contributed by atoms with van der Waals surface area (Å²) in [7, 11) is 1.72. The Morgan fingerprint density at radius 3 is 2.04 bits per heavy atom. The molecule has 0 spiro atoms. The van der Waals surface area contributed by atoms with Gasteiger partial charge in [0.2, 0.25) is 0 Å². The predicted molar refractivity (Wildman–Crippen MR) is 109 cm³/mol. The minimum atomic E-state index is -2.00. The molecule has 1 aromatic carbocycles. The summed E-state index contributed by atoms with van der Waals surface area (Å²) in [4.78, 5) is 0. The van der Waals surface area contributed by atoms with Crippen molar-refractivity contribution >= 4 is 3.81 Å². The standard InChI is InChI=1S/C11H16O2.C9H13.C3H6.Ti/c1-11(2,3)8-5-9(12)7-10(6-8)13-4;1-9(2,3)8-6-4-5-7-8;1-3-2;/h5-7,12H,1-4H3;4,6H,5H2,1-3H3;1-2H3;/q;;;+1/p-1. The van der Waals surface area contributed by atoms with Crippen molar-refractivity contribution in [1.82, 2.24) is 0 Å². The van der Waals surface area contributed by atoms with Crippen molar-refractivity contribution in [3.05, 3.63) is 45.4 Å². The number of rotatable bonds is 4. The van der Waals surface area contributed by atoms with E-state index in [0.717, 1.165) is 17.9 Å². The zero-order valence-corrected chi connectivity index (χ0v) is 19.5. The van der Waals surface area contributed by atoms with Crippen molar-refractivity contribution in [2.75, 3.05) is 7.11 Å². The van der Waals surface area contributed by atoms with Crippen molar-refractivity contribution in [2.45, 2.75) is 67.2 Å². The molecule has 3 heteroatoms. The Hall–Kier alpha value is -1.12. The fraction of sp³-hybridized carbons (Fsp3) is 0.522. The molecule has 1 aliphatic rings. The van der Waals surface area contributed by atoms with Crippen LogP contribution in [0.3, 0.4) is 0 Å². The van der Waals surface area contributed by atoms with E-state index in [9.17, 15) is 0 Å². The molecule has 1 aliphatic carbocycles. The van der Waals surface area contributed by atoms with Crippen LogP contribution in [0.15, 0.2) is 39.8 Å². The fourth-order valence-corrected chi connectivity index (χ4v) is 6.76. The predicted octanol–water partition coefficient (Wildman–Crippen LogP) is 6.38. The second-order valence-electron chi connectivity index (χ2n) is 9.33. The topological polar surface area (TPSA) is 18.5 Å². The van der Waals surface area contributed by atoms with E-state index in [0.29, 0.717) is 0 Å². The van der Waals surface area contributed by atoms with E-state index in [1.54, 1.807) is 7.11 Å². The van der Waals surface area contributed by atoms with Gasteiger partial charge in [-0.25, -0.2) is 0 Å². The first-order valence-electron chi connectivity index (χ1n) is 9.39. The van der Waals surface area contributed by atoms with Crippen LogP contribution in [-0.2, 0) is 23.2 Å². The molecule has 0 saturated heterocycles. The van der Waals surface area contributed by atoms with Gasteiger partial charge in [0.15, 0.2) is 0 Å². The summed E-state index contributed by atoms with van der Waals surface area (Å²) in [5.41, 5.74) is 2.92. The van der Waals surface area contributed by atoms with Gasteiger partial charge in [0.05, 0.1) is 0 Å². The zero-order chi connectivity index (χ0) is 19.7. The Labute approximate surface area is 166 Å². The second kappa shape index (κ2) is 7.86. The van der Waals surface area contributed by atoms with Crippen LogP contribution in [0.5, 0.6) is 11.5 Å². The van der Waals surface area contributed by atoms with Crippen molar-refractivity contribution in [1.29, 1.82) is 0 Å². The summed E-state index contributed by atoms with van der Waals surface area (Å²) >= 11 is -2.00. The molecule has 0 fully saturated rings. The van der Waals surface area contributed by atoms with Gasteiger partial charge in [-0.2, -0.15) is 0 Å². The van der Waals surface area contributed by atoms with Crippen LogP contribution < -0.4 is 8.06 Å². The van der Waals surface area contributed by atoms with E-state index in [1.807, 2.05) is 6.07 Å². The molecule has 1 aromatic rings. The summed E-state index contributed by atoms with van der Waals surface area (Å²) in [6, 6.07) is 6.34. The van der Waals surface area contributed by atoms with Gasteiger partial charge in [0, 0.05) is 0 Å². The first-order chi connectivity index (χ1) is 11.9. The molecule has 0 bridgehead atoms. The summed E-state index contributed by atoms with van der Waals surface area (Å²) < 4.78 is 15.2. The van der Waals surface area contributed by atoms with E-state index in [-0.39, 0.29) is 10.8 Å². The molecule has 0 radical (unpaired) electrons. The molecule has 26 heavy (non-hydrogen) atoms. The van der Waals surface area contributed by atoms with Gasteiger partial charge < -0.3 is 0 Å². The third-order valence-electron chi connectivity index (χ3n) is 4.67. The van der Waals surface area contributed by atoms with Crippen molar-refractivity contribution in [3.8, 4) is 11.5 Å². The van der Waals surface area contributed by atoms with Crippen LogP contribution in [0, 0.1) is 5.41 Å². The third kappa shape index (κ3) is 4.99. The van der Waals surface area contributed by atoms with Crippen LogP contribution in [0.1, 0.15) is 67.4 Å². The van der Waals surface area contributed by atoms with Crippen molar-refractivity contribution in [2.24, 2.45) is 5.41 Å². The molecule has 0 N–H and O–H groups in total. The zero-order valence-electron chi connectivity index (χ0n) is 17.9. The maximum atomic E-state index is 6.72. The molecule has 0 aliphatic heterocycles. The number of hydrogen-bond donors (Lipinski definition) is 0. The minimum absolute atomic E-state index is 0.0581. The normalized spacial score (nSPS) is 14.7. The Kier molecular flexibility index (Phi) is 6.41. The van der Waals surface area contributed by atoms with Crippen molar-refractivity contribution in [3.63, 3.8) is 0 Å². The molecule has 2 nitrogen and oxygen atoms in total. The molecule has 0 heterocycles. The molecule has 2 rings (SSSR count). The molecular formula is C23H34O2Ti. The van der Waals surface area contributed by atoms with Crippen LogP contribution in [-0.4, -0.2) is 10.9 Å². The molecule has 0 saturated carbocycles. The molecular weight excluding hydrogens is 356 g/mol. The Morgan fingerprint density at radius 1 is 0.923 bits per heavy atom. The summed E-state index contributed by atoms with van der Waals surface area (Å²) in [6.07, 6.45) is 5.63. The van der Waals surface area contributed by atoms with Gasteiger partial charge in [-0.1, -0.05) is 0 Å². The summed E-state index contributed by atoms with van der Waals surface area (Å²) in [6.45, 7) is 18.0. The maximum absolute atomic E-state index is 6.72. The number of benzene rings is 1. The van der Waals surface area contributed by atoms with Crippen LogP contribution >= 0.6 is 0 Å². The van der Waals surface area contributed by atoms with E-state index < -0.39 is 17.8 Å². The average molecular weight is 390 g/mol. The number of ether oxygens (including phenoxy) is 1. The van der Waals surface area contributed by atoms with Gasteiger partial charge in [-0.3, -0.25) is 0 Å². The van der Waals surface area contributed by atoms with E-state index >= 15 is 0 Å². The first-order valence-corrected chi connectivity index (χ1v) is 11.6. The van der Waals surface area contributed by atoms with Crippen LogP contribution in [0.4, 0.5) is 0 Å². The van der Waals surface area contributed by atoms with E-state index in [1.165, 1.54) is 18.8 Å². The summed E-state index contributed by atoms with van der Waals surface area (Å²) in [5.74, 6) is 1.81. The van der Waals surface area contributed by atoms with Gasteiger partial charge in [-0.05, 0) is 0 Å². The number of allylic oxidation sites excluding steroid dienone is 4. The number of hydrogen-bond acceptors (Lipinski definition) is 2. The first kappa shape index (κ1) is 21.2. The summed E-state index contributed by atoms with van der Waals surface area (Å²) in [5, 5.41) is 0. The van der Waals surface area contributed by atoms with Crippen molar-refractivity contribution < 1.29 is 25.9 Å². The van der Waals surface area contributed by atoms with E-state index in [2.05, 4.69) is 79.7 Å². The van der Waals surface area contributed by atoms with Gasteiger partial charge >= 0.3 is 166 Å². The Morgan fingerprint density at radius 2 is 1.54 bits per heavy atom. The Balaban J connectivity index is 2.50. The van der Waals surface area contributed by atoms with Gasteiger partial charge in [0.25, 0.3) is 0 Å². The average Bonchev–Trinajstić information content (AvgIpc) is 3.00. The van der Waals surface area contributed by atoms with E-state index in [4.69, 9.17) is 8.06 Å². The molecule has 0 unspecified atom stereocenters. The van der Waals surface area contributed by atoms with Crippen LogP contribution in [0.25, 0.3) is 0 Å². The monoisotopic (exact) mass is 390 g/mol. The molecule has 0 atom stereocenters. The van der Waals surface area contributed by atoms with Gasteiger partial charge in [0.1, 0.15) is 0 Å². The third-order valence-corrected chi connectivity index (χ3v) is 8.37. The quantitative estimate of drug-likeness (QED) is 0.556. The van der Waals surface area contributed by atoms with Gasteiger partial charge in [-0.15, -0.1) is 0 Å². The molecule has 142 valence electrons. The second-order valence-corrected chi connectivity index (χ2v) is 13.2. The SMILES string of the molecule is COc1cc([O][Ti]([C]2=C(C(C)(C)C)C=CC2)=[C](C)C)cc(C(C)(C)C)c1. The number of methoxy groups -OCH3 is 1.